The maximum absolute atomic E-state index is 12.5. The molecule has 1 spiro atoms. The number of hydrogen-bond acceptors (Lipinski definition) is 3. The average molecular weight is 285 g/mol. The van der Waals surface area contributed by atoms with E-state index in [2.05, 4.69) is 28.1 Å². The van der Waals surface area contributed by atoms with Crippen LogP contribution in [0.5, 0.6) is 0 Å². The Balaban J connectivity index is 1.37. The summed E-state index contributed by atoms with van der Waals surface area (Å²) in [6.45, 7) is 3.51. The second kappa shape index (κ2) is 5.11. The van der Waals surface area contributed by atoms with Crippen LogP contribution in [0.4, 0.5) is 0 Å². The van der Waals surface area contributed by atoms with Crippen molar-refractivity contribution in [1.29, 1.82) is 0 Å². The van der Waals surface area contributed by atoms with Crippen molar-refractivity contribution < 1.29 is 4.79 Å². The Morgan fingerprint density at radius 1 is 1.33 bits per heavy atom. The first kappa shape index (κ1) is 13.3. The second-order valence-electron chi connectivity index (χ2n) is 6.91. The monoisotopic (exact) mass is 285 g/mol. The standard InChI is InChI=1S/C17H23N3O/c21-16(19-9-13-7-17(5-6-17)11-20-13)15-10-18-8-12-3-1-2-4-14(12)15/h1-4,13,15,18,20H,5-11H2,(H,19,21). The first-order chi connectivity index (χ1) is 10.3. The van der Waals surface area contributed by atoms with E-state index in [1.807, 2.05) is 12.1 Å². The van der Waals surface area contributed by atoms with E-state index >= 15 is 0 Å². The number of carbonyl (C=O) groups excluding carboxylic acids is 1. The quantitative estimate of drug-likeness (QED) is 0.780. The van der Waals surface area contributed by atoms with Crippen LogP contribution in [0.2, 0.25) is 0 Å². The maximum Gasteiger partial charge on any atom is 0.228 e. The van der Waals surface area contributed by atoms with Crippen LogP contribution in [-0.4, -0.2) is 31.6 Å². The number of hydrogen-bond donors (Lipinski definition) is 3. The molecule has 4 nitrogen and oxygen atoms in total. The predicted octanol–water partition coefficient (Wildman–Crippen LogP) is 1.13. The molecule has 21 heavy (non-hydrogen) atoms. The van der Waals surface area contributed by atoms with Gasteiger partial charge in [-0.25, -0.2) is 0 Å². The third-order valence-electron chi connectivity index (χ3n) is 5.34. The van der Waals surface area contributed by atoms with E-state index in [1.165, 1.54) is 30.4 Å². The van der Waals surface area contributed by atoms with E-state index in [0.717, 1.165) is 26.2 Å². The lowest BCUT2D eigenvalue weighted by molar-refractivity contribution is -0.122. The van der Waals surface area contributed by atoms with Gasteiger partial charge in [-0.15, -0.1) is 0 Å². The van der Waals surface area contributed by atoms with Crippen LogP contribution in [0.25, 0.3) is 0 Å². The molecule has 2 unspecified atom stereocenters. The summed E-state index contributed by atoms with van der Waals surface area (Å²) in [7, 11) is 0. The average Bonchev–Trinajstić information content (AvgIpc) is 3.15. The molecule has 2 atom stereocenters. The molecule has 3 aliphatic rings. The largest absolute Gasteiger partial charge is 0.354 e. The van der Waals surface area contributed by atoms with Gasteiger partial charge in [0, 0.05) is 32.2 Å². The Hall–Kier alpha value is -1.39. The zero-order valence-corrected chi connectivity index (χ0v) is 12.3. The minimum atomic E-state index is -0.0498. The Bertz CT molecular complexity index is 553. The Kier molecular flexibility index (Phi) is 3.23. The minimum Gasteiger partial charge on any atom is -0.354 e. The van der Waals surface area contributed by atoms with Crippen LogP contribution in [-0.2, 0) is 11.3 Å². The molecule has 4 rings (SSSR count). The van der Waals surface area contributed by atoms with E-state index in [1.54, 1.807) is 0 Å². The van der Waals surface area contributed by atoms with Crippen LogP contribution in [0.1, 0.15) is 36.3 Å². The predicted molar refractivity (Wildman–Crippen MR) is 82.0 cm³/mol. The lowest BCUT2D eigenvalue weighted by Crippen LogP contribution is -2.43. The summed E-state index contributed by atoms with van der Waals surface area (Å²) in [6, 6.07) is 8.73. The second-order valence-corrected chi connectivity index (χ2v) is 6.91. The zero-order valence-electron chi connectivity index (χ0n) is 12.3. The highest BCUT2D eigenvalue weighted by Crippen LogP contribution is 2.51. The summed E-state index contributed by atoms with van der Waals surface area (Å²) in [5.74, 6) is 0.111. The van der Waals surface area contributed by atoms with E-state index in [9.17, 15) is 4.79 Å². The van der Waals surface area contributed by atoms with Gasteiger partial charge in [0.25, 0.3) is 0 Å². The van der Waals surface area contributed by atoms with Gasteiger partial charge in [-0.2, -0.15) is 0 Å². The molecule has 0 bridgehead atoms. The lowest BCUT2D eigenvalue weighted by Gasteiger charge is -2.26. The van der Waals surface area contributed by atoms with Crippen molar-refractivity contribution in [2.45, 2.75) is 37.8 Å². The molecule has 3 N–H and O–H groups in total. The van der Waals surface area contributed by atoms with Crippen LogP contribution in [0.15, 0.2) is 24.3 Å². The summed E-state index contributed by atoms with van der Waals surface area (Å²) in [5, 5.41) is 10.1. The van der Waals surface area contributed by atoms with Gasteiger partial charge in [-0.1, -0.05) is 24.3 Å². The summed E-state index contributed by atoms with van der Waals surface area (Å²) in [4.78, 5) is 12.5. The van der Waals surface area contributed by atoms with Crippen LogP contribution < -0.4 is 16.0 Å². The van der Waals surface area contributed by atoms with Gasteiger partial charge in [0.1, 0.15) is 0 Å². The van der Waals surface area contributed by atoms with E-state index in [0.29, 0.717) is 11.5 Å². The molecular formula is C17H23N3O. The van der Waals surface area contributed by atoms with Gasteiger partial charge in [-0.05, 0) is 35.8 Å². The van der Waals surface area contributed by atoms with Crippen LogP contribution in [0.3, 0.4) is 0 Å². The Morgan fingerprint density at radius 3 is 3.00 bits per heavy atom. The third-order valence-corrected chi connectivity index (χ3v) is 5.34. The maximum atomic E-state index is 12.5. The van der Waals surface area contributed by atoms with Gasteiger partial charge >= 0.3 is 0 Å². The van der Waals surface area contributed by atoms with Gasteiger partial charge in [0.2, 0.25) is 5.91 Å². The van der Waals surface area contributed by atoms with Crippen molar-refractivity contribution in [3.05, 3.63) is 35.4 Å². The summed E-state index contributed by atoms with van der Waals surface area (Å²) in [6.07, 6.45) is 3.96. The van der Waals surface area contributed by atoms with Crippen LogP contribution >= 0.6 is 0 Å². The number of benzene rings is 1. The molecule has 4 heteroatoms. The fourth-order valence-electron chi connectivity index (χ4n) is 3.81. The molecule has 0 aromatic heterocycles. The topological polar surface area (TPSA) is 53.2 Å². The van der Waals surface area contributed by atoms with Crippen molar-refractivity contribution in [1.82, 2.24) is 16.0 Å². The molecule has 1 aromatic rings. The molecule has 1 aromatic carbocycles. The van der Waals surface area contributed by atoms with Crippen molar-refractivity contribution in [3.8, 4) is 0 Å². The van der Waals surface area contributed by atoms with E-state index < -0.39 is 0 Å². The van der Waals surface area contributed by atoms with Crippen molar-refractivity contribution in [2.24, 2.45) is 5.41 Å². The van der Waals surface area contributed by atoms with Gasteiger partial charge in [0.15, 0.2) is 0 Å². The smallest absolute Gasteiger partial charge is 0.228 e. The molecule has 2 fully saturated rings. The Labute approximate surface area is 125 Å². The summed E-state index contributed by atoms with van der Waals surface area (Å²) < 4.78 is 0. The highest BCUT2D eigenvalue weighted by molar-refractivity contribution is 5.84. The highest BCUT2D eigenvalue weighted by atomic mass is 16.1. The van der Waals surface area contributed by atoms with Gasteiger partial charge in [0.05, 0.1) is 5.92 Å². The van der Waals surface area contributed by atoms with Gasteiger partial charge in [-0.3, -0.25) is 4.79 Å². The molecule has 1 saturated carbocycles. The fourth-order valence-corrected chi connectivity index (χ4v) is 3.81. The first-order valence-corrected chi connectivity index (χ1v) is 8.05. The normalized spacial score (nSPS) is 29.1. The van der Waals surface area contributed by atoms with Crippen molar-refractivity contribution in [3.63, 3.8) is 0 Å². The molecule has 2 heterocycles. The number of fused-ring (bicyclic) bond motifs is 1. The van der Waals surface area contributed by atoms with E-state index in [-0.39, 0.29) is 11.8 Å². The molecule has 1 aliphatic carbocycles. The number of carbonyl (C=O) groups is 1. The Morgan fingerprint density at radius 2 is 2.19 bits per heavy atom. The zero-order chi connectivity index (χ0) is 14.3. The summed E-state index contributed by atoms with van der Waals surface area (Å²) >= 11 is 0. The van der Waals surface area contributed by atoms with Crippen molar-refractivity contribution in [2.75, 3.05) is 19.6 Å². The molecule has 112 valence electrons. The number of rotatable bonds is 3. The highest BCUT2D eigenvalue weighted by Gasteiger charge is 2.48. The SMILES string of the molecule is O=C(NCC1CC2(CC2)CN1)C1CNCc2ccccc21. The van der Waals surface area contributed by atoms with Crippen molar-refractivity contribution >= 4 is 5.91 Å². The first-order valence-electron chi connectivity index (χ1n) is 8.05. The molecular weight excluding hydrogens is 262 g/mol. The van der Waals surface area contributed by atoms with Crippen LogP contribution in [0, 0.1) is 5.41 Å². The van der Waals surface area contributed by atoms with E-state index in [4.69, 9.17) is 0 Å². The molecule has 0 radical (unpaired) electrons. The summed E-state index contributed by atoms with van der Waals surface area (Å²) in [5.41, 5.74) is 3.03. The molecule has 2 aliphatic heterocycles. The molecule has 1 amide bonds. The minimum absolute atomic E-state index is 0.0498. The lowest BCUT2D eigenvalue weighted by atomic mass is 9.90. The molecule has 1 saturated heterocycles. The van der Waals surface area contributed by atoms with Gasteiger partial charge < -0.3 is 16.0 Å². The number of nitrogens with one attached hydrogen (secondary N) is 3. The fraction of sp³-hybridized carbons (Fsp3) is 0.588. The number of amides is 1. The third kappa shape index (κ3) is 2.58.